The highest BCUT2D eigenvalue weighted by atomic mass is 16.3. The lowest BCUT2D eigenvalue weighted by atomic mass is 9.77. The molecule has 138 valence electrons. The van der Waals surface area contributed by atoms with Crippen LogP contribution in [0.15, 0.2) is 48.8 Å². The van der Waals surface area contributed by atoms with Gasteiger partial charge < -0.3 is 10.0 Å². The summed E-state index contributed by atoms with van der Waals surface area (Å²) in [5, 5.41) is 11.1. The average molecular weight is 351 g/mol. The minimum Gasteiger partial charge on any atom is -0.385 e. The summed E-state index contributed by atoms with van der Waals surface area (Å²) in [5.74, 6) is 0. The summed E-state index contributed by atoms with van der Waals surface area (Å²) in [6.45, 7) is 5.20. The van der Waals surface area contributed by atoms with E-state index in [0.29, 0.717) is 5.41 Å². The number of hydrogen-bond acceptors (Lipinski definition) is 3. The molecule has 4 rings (SSSR count). The molecule has 26 heavy (non-hydrogen) atoms. The molecule has 1 aliphatic heterocycles. The first-order valence-corrected chi connectivity index (χ1v) is 10.0. The number of nitrogens with zero attached hydrogens (tertiary/aromatic N) is 2. The molecule has 1 saturated carbocycles. The maximum atomic E-state index is 11.1. The Morgan fingerprint density at radius 2 is 1.65 bits per heavy atom. The van der Waals surface area contributed by atoms with Crippen LogP contribution in [0.3, 0.4) is 0 Å². The van der Waals surface area contributed by atoms with Crippen molar-refractivity contribution >= 4 is 0 Å². The van der Waals surface area contributed by atoms with E-state index in [0.717, 1.165) is 38.0 Å². The van der Waals surface area contributed by atoms with Gasteiger partial charge in [-0.1, -0.05) is 48.7 Å². The zero-order chi connectivity index (χ0) is 18.0. The lowest BCUT2D eigenvalue weighted by molar-refractivity contribution is -0.0305. The van der Waals surface area contributed by atoms with Crippen LogP contribution in [0.5, 0.6) is 0 Å². The van der Waals surface area contributed by atoms with Crippen LogP contribution >= 0.6 is 0 Å². The molecule has 1 aromatic heterocycles. The molecule has 2 heterocycles. The van der Waals surface area contributed by atoms with Crippen molar-refractivity contribution in [2.45, 2.75) is 56.5 Å². The van der Waals surface area contributed by atoms with Gasteiger partial charge in [0.05, 0.1) is 5.60 Å². The Morgan fingerprint density at radius 1 is 0.962 bits per heavy atom. The van der Waals surface area contributed by atoms with Gasteiger partial charge in [-0.3, -0.25) is 4.98 Å². The van der Waals surface area contributed by atoms with E-state index < -0.39 is 5.60 Å². The van der Waals surface area contributed by atoms with E-state index >= 15 is 0 Å². The molecule has 0 unspecified atom stereocenters. The third-order valence-electron chi connectivity index (χ3n) is 6.63. The molecule has 1 N–H and O–H groups in total. The number of rotatable bonds is 4. The Bertz CT molecular complexity index is 712. The molecule has 1 saturated heterocycles. The molecule has 3 heteroatoms. The van der Waals surface area contributed by atoms with E-state index in [1.165, 1.54) is 36.8 Å². The first-order chi connectivity index (χ1) is 12.6. The topological polar surface area (TPSA) is 36.4 Å². The fourth-order valence-electron chi connectivity index (χ4n) is 4.93. The van der Waals surface area contributed by atoms with Crippen molar-refractivity contribution in [2.24, 2.45) is 0 Å². The van der Waals surface area contributed by atoms with Gasteiger partial charge in [0, 0.05) is 43.0 Å². The fourth-order valence-corrected chi connectivity index (χ4v) is 4.93. The van der Waals surface area contributed by atoms with Gasteiger partial charge in [-0.05, 0) is 44.2 Å². The van der Waals surface area contributed by atoms with E-state index in [4.69, 9.17) is 0 Å². The van der Waals surface area contributed by atoms with E-state index in [1.807, 2.05) is 18.3 Å². The summed E-state index contributed by atoms with van der Waals surface area (Å²) in [6, 6.07) is 13.1. The number of pyridine rings is 1. The predicted molar refractivity (Wildman–Crippen MR) is 105 cm³/mol. The second-order valence-corrected chi connectivity index (χ2v) is 8.40. The standard InChI is InChI=1S/C23H30N2O/c1-19-6-8-20(9-7-19)22(10-2-3-11-22)18-25-15-12-23(26,13-16-25)21-5-4-14-24-17-21/h4-9,14,17,26H,2-3,10-13,15-16,18H2,1H3. The summed E-state index contributed by atoms with van der Waals surface area (Å²) >= 11 is 0. The van der Waals surface area contributed by atoms with Crippen molar-refractivity contribution in [1.82, 2.24) is 9.88 Å². The van der Waals surface area contributed by atoms with E-state index in [2.05, 4.69) is 41.1 Å². The molecular formula is C23H30N2O. The van der Waals surface area contributed by atoms with Crippen LogP contribution in [0.4, 0.5) is 0 Å². The molecule has 0 atom stereocenters. The molecule has 0 bridgehead atoms. The van der Waals surface area contributed by atoms with Gasteiger partial charge in [0.1, 0.15) is 0 Å². The molecule has 1 aliphatic carbocycles. The van der Waals surface area contributed by atoms with Crippen LogP contribution < -0.4 is 0 Å². The van der Waals surface area contributed by atoms with Gasteiger partial charge in [0.15, 0.2) is 0 Å². The van der Waals surface area contributed by atoms with Crippen LogP contribution in [0.2, 0.25) is 0 Å². The lowest BCUT2D eigenvalue weighted by Gasteiger charge is -2.42. The molecule has 2 fully saturated rings. The SMILES string of the molecule is Cc1ccc(C2(CN3CCC(O)(c4cccnc4)CC3)CCCC2)cc1. The summed E-state index contributed by atoms with van der Waals surface area (Å²) in [6.07, 6.45) is 10.4. The Labute approximate surface area is 157 Å². The van der Waals surface area contributed by atoms with Gasteiger partial charge in [-0.15, -0.1) is 0 Å². The largest absolute Gasteiger partial charge is 0.385 e. The van der Waals surface area contributed by atoms with Gasteiger partial charge in [-0.2, -0.15) is 0 Å². The van der Waals surface area contributed by atoms with Crippen molar-refractivity contribution < 1.29 is 5.11 Å². The van der Waals surface area contributed by atoms with E-state index in [-0.39, 0.29) is 0 Å². The molecule has 0 amide bonds. The number of piperidine rings is 1. The third kappa shape index (κ3) is 3.43. The van der Waals surface area contributed by atoms with Crippen molar-refractivity contribution in [2.75, 3.05) is 19.6 Å². The van der Waals surface area contributed by atoms with Crippen molar-refractivity contribution in [1.29, 1.82) is 0 Å². The maximum absolute atomic E-state index is 11.1. The van der Waals surface area contributed by atoms with Gasteiger partial charge in [-0.25, -0.2) is 0 Å². The summed E-state index contributed by atoms with van der Waals surface area (Å²) < 4.78 is 0. The van der Waals surface area contributed by atoms with Crippen LogP contribution in [-0.4, -0.2) is 34.6 Å². The third-order valence-corrected chi connectivity index (χ3v) is 6.63. The van der Waals surface area contributed by atoms with Crippen molar-refractivity contribution in [3.63, 3.8) is 0 Å². The molecule has 1 aromatic carbocycles. The Balaban J connectivity index is 1.46. The van der Waals surface area contributed by atoms with Gasteiger partial charge in [0.2, 0.25) is 0 Å². The molecule has 3 nitrogen and oxygen atoms in total. The van der Waals surface area contributed by atoms with Gasteiger partial charge in [0.25, 0.3) is 0 Å². The monoisotopic (exact) mass is 350 g/mol. The predicted octanol–water partition coefficient (Wildman–Crippen LogP) is 4.19. The number of benzene rings is 1. The van der Waals surface area contributed by atoms with Crippen LogP contribution in [0.1, 0.15) is 55.2 Å². The van der Waals surface area contributed by atoms with Crippen LogP contribution in [0, 0.1) is 6.92 Å². The molecule has 0 radical (unpaired) electrons. The van der Waals surface area contributed by atoms with E-state index in [9.17, 15) is 5.11 Å². The van der Waals surface area contributed by atoms with Gasteiger partial charge >= 0.3 is 0 Å². The first kappa shape index (κ1) is 17.7. The average Bonchev–Trinajstić information content (AvgIpc) is 3.15. The minimum absolute atomic E-state index is 0.303. The highest BCUT2D eigenvalue weighted by Crippen LogP contribution is 2.43. The number of aromatic nitrogens is 1. The minimum atomic E-state index is -0.711. The smallest absolute Gasteiger partial charge is 0.0935 e. The summed E-state index contributed by atoms with van der Waals surface area (Å²) in [7, 11) is 0. The highest BCUT2D eigenvalue weighted by Gasteiger charge is 2.40. The number of likely N-dealkylation sites (tertiary alicyclic amines) is 1. The fraction of sp³-hybridized carbons (Fsp3) is 0.522. The maximum Gasteiger partial charge on any atom is 0.0935 e. The number of aliphatic hydroxyl groups is 1. The lowest BCUT2D eigenvalue weighted by Crippen LogP contribution is -2.47. The van der Waals surface area contributed by atoms with Crippen LogP contribution in [-0.2, 0) is 11.0 Å². The second kappa shape index (κ2) is 7.13. The quantitative estimate of drug-likeness (QED) is 0.898. The van der Waals surface area contributed by atoms with Crippen molar-refractivity contribution in [3.05, 3.63) is 65.5 Å². The number of aryl methyl sites for hydroxylation is 1. The first-order valence-electron chi connectivity index (χ1n) is 10.0. The Kier molecular flexibility index (Phi) is 4.85. The van der Waals surface area contributed by atoms with Crippen LogP contribution in [0.25, 0.3) is 0 Å². The Morgan fingerprint density at radius 3 is 2.27 bits per heavy atom. The summed E-state index contributed by atoms with van der Waals surface area (Å²) in [5.41, 5.74) is 3.40. The second-order valence-electron chi connectivity index (χ2n) is 8.40. The van der Waals surface area contributed by atoms with E-state index in [1.54, 1.807) is 6.20 Å². The zero-order valence-corrected chi connectivity index (χ0v) is 15.8. The van der Waals surface area contributed by atoms with Crippen molar-refractivity contribution in [3.8, 4) is 0 Å². The normalized spacial score (nSPS) is 22.4. The molecule has 2 aliphatic rings. The number of hydrogen-bond donors (Lipinski definition) is 1. The highest BCUT2D eigenvalue weighted by molar-refractivity contribution is 5.30. The molecule has 2 aromatic rings. The molecule has 0 spiro atoms. The molecular weight excluding hydrogens is 320 g/mol. The Hall–Kier alpha value is -1.71. The summed E-state index contributed by atoms with van der Waals surface area (Å²) in [4.78, 5) is 6.77. The zero-order valence-electron chi connectivity index (χ0n) is 15.8.